The van der Waals surface area contributed by atoms with Crippen LogP contribution in [-0.4, -0.2) is 21.0 Å². The maximum absolute atomic E-state index is 12.5. The third kappa shape index (κ3) is 3.49. The molecular weight excluding hydrogens is 339 g/mol. The normalized spacial score (nSPS) is 11.5. The van der Waals surface area contributed by atoms with Crippen molar-refractivity contribution in [3.8, 4) is 0 Å². The molecule has 0 radical (unpaired) electrons. The number of esters is 1. The zero-order chi connectivity index (χ0) is 18.0. The van der Waals surface area contributed by atoms with Gasteiger partial charge in [-0.15, -0.1) is 5.10 Å². The molecule has 1 aromatic heterocycles. The molecule has 25 heavy (non-hydrogen) atoms. The van der Waals surface area contributed by atoms with Crippen molar-refractivity contribution in [3.05, 3.63) is 70.0 Å². The number of halogens is 3. The number of aromatic nitrogens is 3. The number of ether oxygens (including phenoxy) is 1. The molecule has 0 fully saturated rings. The first-order valence-corrected chi connectivity index (χ1v) is 7.03. The van der Waals surface area contributed by atoms with E-state index in [0.29, 0.717) is 10.9 Å². The summed E-state index contributed by atoms with van der Waals surface area (Å²) >= 11 is 0. The SMILES string of the molecule is O=C(OCn1nnc2ccccc2c1=O)c1ccc(C(F)(F)F)cc1. The Morgan fingerprint density at radius 2 is 1.76 bits per heavy atom. The van der Waals surface area contributed by atoms with Crippen molar-refractivity contribution in [2.45, 2.75) is 12.9 Å². The molecule has 0 aliphatic rings. The maximum atomic E-state index is 12.5. The average Bonchev–Trinajstić information content (AvgIpc) is 2.60. The minimum Gasteiger partial charge on any atom is -0.439 e. The number of benzene rings is 2. The van der Waals surface area contributed by atoms with Crippen LogP contribution in [0, 0.1) is 0 Å². The molecule has 0 saturated heterocycles. The predicted molar refractivity (Wildman–Crippen MR) is 80.7 cm³/mol. The number of hydrogen-bond acceptors (Lipinski definition) is 5. The largest absolute Gasteiger partial charge is 0.439 e. The van der Waals surface area contributed by atoms with Gasteiger partial charge >= 0.3 is 12.1 Å². The molecule has 0 amide bonds. The molecule has 3 rings (SSSR count). The molecule has 128 valence electrons. The van der Waals surface area contributed by atoms with Crippen LogP contribution in [0.5, 0.6) is 0 Å². The molecule has 0 N–H and O–H groups in total. The van der Waals surface area contributed by atoms with Crippen LogP contribution in [0.1, 0.15) is 15.9 Å². The average molecular weight is 349 g/mol. The molecule has 0 aliphatic heterocycles. The van der Waals surface area contributed by atoms with E-state index >= 15 is 0 Å². The van der Waals surface area contributed by atoms with Crippen LogP contribution >= 0.6 is 0 Å². The van der Waals surface area contributed by atoms with Gasteiger partial charge in [-0.2, -0.15) is 17.9 Å². The van der Waals surface area contributed by atoms with E-state index in [1.165, 1.54) is 0 Å². The fourth-order valence-corrected chi connectivity index (χ4v) is 2.11. The number of alkyl halides is 3. The van der Waals surface area contributed by atoms with Gasteiger partial charge in [-0.1, -0.05) is 17.3 Å². The lowest BCUT2D eigenvalue weighted by Gasteiger charge is -2.08. The standard InChI is InChI=1S/C16H10F3N3O3/c17-16(18,19)11-7-5-10(6-8-11)15(24)25-9-22-14(23)12-3-1-2-4-13(12)20-21-22/h1-8H,9H2. The predicted octanol–water partition coefficient (Wildman–Crippen LogP) is 2.62. The van der Waals surface area contributed by atoms with Crippen LogP contribution in [0.2, 0.25) is 0 Å². The third-order valence-corrected chi connectivity index (χ3v) is 3.40. The lowest BCUT2D eigenvalue weighted by molar-refractivity contribution is -0.137. The Bertz CT molecular complexity index is 982. The highest BCUT2D eigenvalue weighted by molar-refractivity contribution is 5.89. The number of hydrogen-bond donors (Lipinski definition) is 0. The fourth-order valence-electron chi connectivity index (χ4n) is 2.11. The maximum Gasteiger partial charge on any atom is 0.416 e. The van der Waals surface area contributed by atoms with Crippen molar-refractivity contribution < 1.29 is 22.7 Å². The van der Waals surface area contributed by atoms with Gasteiger partial charge in [0, 0.05) is 0 Å². The number of rotatable bonds is 3. The summed E-state index contributed by atoms with van der Waals surface area (Å²) < 4.78 is 43.2. The van der Waals surface area contributed by atoms with Crippen molar-refractivity contribution in [1.82, 2.24) is 15.0 Å². The minimum absolute atomic E-state index is 0.0743. The number of fused-ring (bicyclic) bond motifs is 1. The van der Waals surface area contributed by atoms with Crippen molar-refractivity contribution in [3.63, 3.8) is 0 Å². The van der Waals surface area contributed by atoms with E-state index in [2.05, 4.69) is 10.3 Å². The highest BCUT2D eigenvalue weighted by Gasteiger charge is 2.30. The Morgan fingerprint density at radius 1 is 1.08 bits per heavy atom. The Balaban J connectivity index is 1.74. The van der Waals surface area contributed by atoms with Crippen LogP contribution < -0.4 is 5.56 Å². The molecule has 0 unspecified atom stereocenters. The Hall–Kier alpha value is -3.23. The van der Waals surface area contributed by atoms with Crippen LogP contribution in [0.4, 0.5) is 13.2 Å². The second-order valence-electron chi connectivity index (χ2n) is 5.05. The fraction of sp³-hybridized carbons (Fsp3) is 0.125. The first kappa shape index (κ1) is 16.6. The lowest BCUT2D eigenvalue weighted by atomic mass is 10.1. The number of carbonyl (C=O) groups is 1. The molecule has 0 saturated carbocycles. The van der Waals surface area contributed by atoms with E-state index in [1.54, 1.807) is 24.3 Å². The van der Waals surface area contributed by atoms with Gasteiger partial charge in [0.2, 0.25) is 0 Å². The molecular formula is C16H10F3N3O3. The summed E-state index contributed by atoms with van der Waals surface area (Å²) in [6.07, 6.45) is -4.49. The van der Waals surface area contributed by atoms with Gasteiger partial charge in [0.05, 0.1) is 16.5 Å². The summed E-state index contributed by atoms with van der Waals surface area (Å²) in [6.45, 7) is -0.503. The number of nitrogens with zero attached hydrogens (tertiary/aromatic N) is 3. The molecule has 2 aromatic carbocycles. The molecule has 6 nitrogen and oxygen atoms in total. The summed E-state index contributed by atoms with van der Waals surface area (Å²) in [5.74, 6) is -0.879. The molecule has 0 bridgehead atoms. The van der Waals surface area contributed by atoms with E-state index in [9.17, 15) is 22.8 Å². The quantitative estimate of drug-likeness (QED) is 0.680. The summed E-state index contributed by atoms with van der Waals surface area (Å²) in [6, 6.07) is 10.1. The van der Waals surface area contributed by atoms with Crippen LogP contribution in [0.15, 0.2) is 53.3 Å². The van der Waals surface area contributed by atoms with E-state index in [0.717, 1.165) is 28.9 Å². The Labute approximate surface area is 138 Å². The van der Waals surface area contributed by atoms with Gasteiger partial charge in [-0.05, 0) is 36.4 Å². The van der Waals surface area contributed by atoms with E-state index in [-0.39, 0.29) is 5.56 Å². The van der Waals surface area contributed by atoms with E-state index in [1.807, 2.05) is 0 Å². The zero-order valence-electron chi connectivity index (χ0n) is 12.5. The van der Waals surface area contributed by atoms with Crippen molar-refractivity contribution in [2.24, 2.45) is 0 Å². The topological polar surface area (TPSA) is 74.1 Å². The van der Waals surface area contributed by atoms with E-state index in [4.69, 9.17) is 4.74 Å². The van der Waals surface area contributed by atoms with Gasteiger partial charge in [-0.25, -0.2) is 4.79 Å². The monoisotopic (exact) mass is 349 g/mol. The van der Waals surface area contributed by atoms with Gasteiger partial charge in [0.1, 0.15) is 5.52 Å². The summed E-state index contributed by atoms with van der Waals surface area (Å²) in [5, 5.41) is 7.78. The van der Waals surface area contributed by atoms with Gasteiger partial charge < -0.3 is 4.74 Å². The van der Waals surface area contributed by atoms with Crippen molar-refractivity contribution >= 4 is 16.9 Å². The van der Waals surface area contributed by atoms with Crippen LogP contribution in [-0.2, 0) is 17.6 Å². The molecule has 9 heteroatoms. The second-order valence-corrected chi connectivity index (χ2v) is 5.05. The highest BCUT2D eigenvalue weighted by Crippen LogP contribution is 2.29. The van der Waals surface area contributed by atoms with E-state index < -0.39 is 30.0 Å². The van der Waals surface area contributed by atoms with Crippen molar-refractivity contribution in [2.75, 3.05) is 0 Å². The first-order chi connectivity index (χ1) is 11.9. The molecule has 1 heterocycles. The molecule has 0 atom stereocenters. The van der Waals surface area contributed by atoms with Crippen LogP contribution in [0.25, 0.3) is 10.9 Å². The van der Waals surface area contributed by atoms with Crippen LogP contribution in [0.3, 0.4) is 0 Å². The molecule has 0 spiro atoms. The zero-order valence-corrected chi connectivity index (χ0v) is 12.5. The Morgan fingerprint density at radius 3 is 2.44 bits per heavy atom. The van der Waals surface area contributed by atoms with Gasteiger partial charge in [-0.3, -0.25) is 4.79 Å². The third-order valence-electron chi connectivity index (χ3n) is 3.40. The Kier molecular flexibility index (Phi) is 4.22. The molecule has 3 aromatic rings. The highest BCUT2D eigenvalue weighted by atomic mass is 19.4. The minimum atomic E-state index is -4.49. The summed E-state index contributed by atoms with van der Waals surface area (Å²) in [5.41, 5.74) is -1.04. The summed E-state index contributed by atoms with van der Waals surface area (Å²) in [7, 11) is 0. The van der Waals surface area contributed by atoms with Gasteiger partial charge in [0.25, 0.3) is 5.56 Å². The molecule has 0 aliphatic carbocycles. The first-order valence-electron chi connectivity index (χ1n) is 7.03. The van der Waals surface area contributed by atoms with Crippen molar-refractivity contribution in [1.29, 1.82) is 0 Å². The number of carbonyl (C=O) groups excluding carboxylic acids is 1. The lowest BCUT2D eigenvalue weighted by Crippen LogP contribution is -2.26. The second kappa shape index (κ2) is 6.34. The van der Waals surface area contributed by atoms with Gasteiger partial charge in [0.15, 0.2) is 6.73 Å². The summed E-state index contributed by atoms with van der Waals surface area (Å²) in [4.78, 5) is 24.1. The smallest absolute Gasteiger partial charge is 0.416 e.